The second-order valence-corrected chi connectivity index (χ2v) is 18.2. The van der Waals surface area contributed by atoms with Crippen LogP contribution in [-0.4, -0.2) is 128 Å². The molecule has 3 aromatic heterocycles. The van der Waals surface area contributed by atoms with E-state index in [0.29, 0.717) is 75.0 Å². The lowest BCUT2D eigenvalue weighted by Gasteiger charge is -2.37. The van der Waals surface area contributed by atoms with Gasteiger partial charge in [0.1, 0.15) is 17.5 Å². The Kier molecular flexibility index (Phi) is 11.9. The van der Waals surface area contributed by atoms with Crippen molar-refractivity contribution in [2.75, 3.05) is 64.2 Å². The van der Waals surface area contributed by atoms with E-state index in [0.717, 1.165) is 72.8 Å². The van der Waals surface area contributed by atoms with Crippen LogP contribution in [0, 0.1) is 5.82 Å². The molecule has 336 valence electrons. The first-order valence-corrected chi connectivity index (χ1v) is 23.0. The van der Waals surface area contributed by atoms with E-state index in [1.807, 2.05) is 34.3 Å². The number of carbonyl (C=O) groups is 4. The van der Waals surface area contributed by atoms with Crippen molar-refractivity contribution in [3.05, 3.63) is 113 Å². The topological polar surface area (TPSA) is 152 Å². The van der Waals surface area contributed by atoms with Crippen LogP contribution < -0.4 is 10.6 Å². The summed E-state index contributed by atoms with van der Waals surface area (Å²) in [6.45, 7) is 6.54. The van der Waals surface area contributed by atoms with Crippen molar-refractivity contribution >= 4 is 51.3 Å². The molecule has 0 radical (unpaired) electrons. The number of piperidine rings is 3. The summed E-state index contributed by atoms with van der Waals surface area (Å²) in [4.78, 5) is 63.6. The zero-order valence-corrected chi connectivity index (χ0v) is 36.8. The fourth-order valence-corrected chi connectivity index (χ4v) is 10.4. The molecule has 3 N–H and O–H groups in total. The molecule has 15 heteroatoms. The van der Waals surface area contributed by atoms with E-state index in [9.17, 15) is 19.2 Å². The Balaban J connectivity index is 0.660. The Labute approximate surface area is 377 Å². The molecule has 4 aliphatic rings. The summed E-state index contributed by atoms with van der Waals surface area (Å²) in [6.07, 6.45) is 7.96. The summed E-state index contributed by atoms with van der Waals surface area (Å²) in [5.41, 5.74) is 8.68. The molecule has 1 atom stereocenters. The van der Waals surface area contributed by atoms with Gasteiger partial charge in [-0.1, -0.05) is 24.3 Å². The van der Waals surface area contributed by atoms with Crippen LogP contribution in [0.5, 0.6) is 0 Å². The van der Waals surface area contributed by atoms with Crippen molar-refractivity contribution in [2.24, 2.45) is 7.05 Å². The average molecular weight is 879 g/mol. The highest BCUT2D eigenvalue weighted by molar-refractivity contribution is 6.01. The van der Waals surface area contributed by atoms with E-state index in [1.54, 1.807) is 12.1 Å². The van der Waals surface area contributed by atoms with E-state index < -0.39 is 11.9 Å². The van der Waals surface area contributed by atoms with Crippen molar-refractivity contribution in [1.82, 2.24) is 44.7 Å². The Morgan fingerprint density at radius 1 is 0.800 bits per heavy atom. The van der Waals surface area contributed by atoms with Gasteiger partial charge in [-0.2, -0.15) is 5.10 Å². The van der Waals surface area contributed by atoms with Crippen LogP contribution in [0.4, 0.5) is 10.1 Å². The Hall–Kier alpha value is -6.45. The highest BCUT2D eigenvalue weighted by Gasteiger charge is 2.30. The number of likely N-dealkylation sites (tertiary alicyclic amines) is 2. The maximum absolute atomic E-state index is 15.3. The molecular formula is C50H55FN10O4. The predicted octanol–water partition coefficient (Wildman–Crippen LogP) is 6.02. The third-order valence-electron chi connectivity index (χ3n) is 14.3. The largest absolute Gasteiger partial charge is 0.374 e. The molecule has 65 heavy (non-hydrogen) atoms. The third kappa shape index (κ3) is 8.99. The fourth-order valence-electron chi connectivity index (χ4n) is 10.4. The molecule has 6 aromatic rings. The number of rotatable bonds is 10. The summed E-state index contributed by atoms with van der Waals surface area (Å²) in [5.74, 6) is -0.458. The first kappa shape index (κ1) is 42.5. The molecular weight excluding hydrogens is 824 g/mol. The van der Waals surface area contributed by atoms with Gasteiger partial charge in [0.05, 0.1) is 18.3 Å². The van der Waals surface area contributed by atoms with Crippen molar-refractivity contribution in [3.63, 3.8) is 0 Å². The minimum absolute atomic E-state index is 0.00203. The molecule has 4 saturated heterocycles. The van der Waals surface area contributed by atoms with Crippen LogP contribution in [0.3, 0.4) is 0 Å². The number of halogens is 1. The molecule has 4 aliphatic heterocycles. The van der Waals surface area contributed by atoms with Gasteiger partial charge < -0.3 is 19.7 Å². The van der Waals surface area contributed by atoms with Crippen molar-refractivity contribution in [2.45, 2.75) is 62.9 Å². The molecule has 4 fully saturated rings. The molecule has 14 nitrogen and oxygen atoms in total. The van der Waals surface area contributed by atoms with Crippen LogP contribution in [0.15, 0.2) is 85.2 Å². The van der Waals surface area contributed by atoms with Crippen LogP contribution in [0.25, 0.3) is 33.1 Å². The SMILES string of the molecule is Cn1c(CN2CCC(c3ccc(C(=O)N4CCN(C(=O)CN5CCC(c6ccc(NC7CCC(=O)NC7=O)cc6F)CC5)CC4)cc3)CC2)cc2c(-c3ccc4[nH]ncc4c3)ccnc21. The number of fused-ring (bicyclic) bond motifs is 2. The number of hydrogen-bond donors (Lipinski definition) is 3. The number of aryl methyl sites for hydroxylation is 1. The van der Waals surface area contributed by atoms with Gasteiger partial charge in [0.2, 0.25) is 17.7 Å². The number of amides is 4. The molecule has 0 saturated carbocycles. The fraction of sp³-hybridized carbons (Fsp3) is 0.400. The molecule has 0 spiro atoms. The lowest BCUT2D eigenvalue weighted by atomic mass is 9.89. The van der Waals surface area contributed by atoms with Crippen molar-refractivity contribution < 1.29 is 23.6 Å². The van der Waals surface area contributed by atoms with Gasteiger partial charge in [0, 0.05) is 80.1 Å². The van der Waals surface area contributed by atoms with E-state index in [-0.39, 0.29) is 35.9 Å². The number of imide groups is 1. The number of aromatic amines is 1. The number of piperazine rings is 1. The van der Waals surface area contributed by atoms with E-state index in [4.69, 9.17) is 4.98 Å². The van der Waals surface area contributed by atoms with Gasteiger partial charge in [-0.15, -0.1) is 0 Å². The van der Waals surface area contributed by atoms with Gasteiger partial charge in [0.15, 0.2) is 0 Å². The highest BCUT2D eigenvalue weighted by Crippen LogP contribution is 2.34. The zero-order valence-electron chi connectivity index (χ0n) is 36.8. The van der Waals surface area contributed by atoms with Gasteiger partial charge in [0.25, 0.3) is 5.91 Å². The second-order valence-electron chi connectivity index (χ2n) is 18.2. The number of pyridine rings is 1. The summed E-state index contributed by atoms with van der Waals surface area (Å²) in [7, 11) is 2.11. The number of H-pyrrole nitrogens is 1. The Bertz CT molecular complexity index is 2740. The molecule has 0 aliphatic carbocycles. The standard InChI is InChI=1S/C50H55FN10O4/c1-57-39(28-42-40(12-17-52-48(42)57)36-6-9-44-37(26-36)29-53-56-44)30-58-18-13-33(14-19-58)32-2-4-35(5-3-32)50(65)61-24-22-60(23-25-61)47(63)31-59-20-15-34(16-21-59)41-8-7-38(27-43(41)51)54-45-10-11-46(62)55-49(45)64/h2-9,12,17,26-29,33-34,45,54H,10-11,13-16,18-25,30-31H2,1H3,(H,53,56)(H,55,62,64). The van der Waals surface area contributed by atoms with Crippen molar-refractivity contribution in [3.8, 4) is 11.1 Å². The van der Waals surface area contributed by atoms with Gasteiger partial charge in [-0.25, -0.2) is 9.37 Å². The maximum Gasteiger partial charge on any atom is 0.253 e. The number of aromatic nitrogens is 4. The minimum atomic E-state index is -0.569. The van der Waals surface area contributed by atoms with Gasteiger partial charge >= 0.3 is 0 Å². The number of nitrogens with zero attached hydrogens (tertiary/aromatic N) is 7. The van der Waals surface area contributed by atoms with E-state index >= 15 is 4.39 Å². The van der Waals surface area contributed by atoms with Crippen LogP contribution in [0.2, 0.25) is 0 Å². The smallest absolute Gasteiger partial charge is 0.253 e. The molecule has 0 bridgehead atoms. The number of hydrogen-bond acceptors (Lipinski definition) is 9. The van der Waals surface area contributed by atoms with E-state index in [1.165, 1.54) is 22.9 Å². The Morgan fingerprint density at radius 3 is 2.29 bits per heavy atom. The summed E-state index contributed by atoms with van der Waals surface area (Å²) < 4.78 is 17.5. The number of carbonyl (C=O) groups excluding carboxylic acids is 4. The quantitative estimate of drug-likeness (QED) is 0.141. The lowest BCUT2D eigenvalue weighted by Crippen LogP contribution is -2.53. The van der Waals surface area contributed by atoms with E-state index in [2.05, 4.69) is 84.7 Å². The third-order valence-corrected chi connectivity index (χ3v) is 14.3. The zero-order chi connectivity index (χ0) is 44.6. The highest BCUT2D eigenvalue weighted by atomic mass is 19.1. The number of nitrogens with one attached hydrogen (secondary N) is 3. The van der Waals surface area contributed by atoms with Crippen LogP contribution >= 0.6 is 0 Å². The van der Waals surface area contributed by atoms with Gasteiger partial charge in [-0.05, 0) is 141 Å². The van der Waals surface area contributed by atoms with Crippen molar-refractivity contribution in [1.29, 1.82) is 0 Å². The second kappa shape index (κ2) is 18.2. The summed E-state index contributed by atoms with van der Waals surface area (Å²) >= 11 is 0. The first-order chi connectivity index (χ1) is 31.6. The average Bonchev–Trinajstić information content (AvgIpc) is 3.93. The normalized spacial score (nSPS) is 19.6. The lowest BCUT2D eigenvalue weighted by molar-refractivity contribution is -0.135. The molecule has 3 aromatic carbocycles. The first-order valence-electron chi connectivity index (χ1n) is 23.0. The Morgan fingerprint density at radius 2 is 1.54 bits per heavy atom. The van der Waals surface area contributed by atoms with Gasteiger partial charge in [-0.3, -0.25) is 39.4 Å². The minimum Gasteiger partial charge on any atom is -0.374 e. The molecule has 7 heterocycles. The number of benzene rings is 3. The monoisotopic (exact) mass is 878 g/mol. The maximum atomic E-state index is 15.3. The predicted molar refractivity (Wildman–Crippen MR) is 247 cm³/mol. The number of anilines is 1. The molecule has 10 rings (SSSR count). The van der Waals surface area contributed by atoms with Crippen LogP contribution in [-0.2, 0) is 28.0 Å². The summed E-state index contributed by atoms with van der Waals surface area (Å²) in [5, 5.41) is 14.8. The molecule has 4 amide bonds. The molecule has 1 unspecified atom stereocenters. The summed E-state index contributed by atoms with van der Waals surface area (Å²) in [6, 6.07) is 23.4. The van der Waals surface area contributed by atoms with Crippen LogP contribution in [0.1, 0.15) is 77.5 Å².